The lowest BCUT2D eigenvalue weighted by Crippen LogP contribution is -2.30. The summed E-state index contributed by atoms with van der Waals surface area (Å²) in [5.74, 6) is -0.146. The molecule has 0 bridgehead atoms. The maximum atomic E-state index is 12.0. The van der Waals surface area contributed by atoms with Crippen LogP contribution in [0, 0.1) is 5.92 Å². The summed E-state index contributed by atoms with van der Waals surface area (Å²) in [5.41, 5.74) is 0. The molecule has 19 heavy (non-hydrogen) atoms. The van der Waals surface area contributed by atoms with Gasteiger partial charge in [-0.15, -0.1) is 11.8 Å². The first-order valence-corrected chi connectivity index (χ1v) is 7.31. The second-order valence-electron chi connectivity index (χ2n) is 4.69. The fraction of sp³-hybridized carbons (Fsp3) is 0.429. The first kappa shape index (κ1) is 13.9. The van der Waals surface area contributed by atoms with Crippen LogP contribution in [0.5, 0.6) is 0 Å². The van der Waals surface area contributed by atoms with Crippen molar-refractivity contribution in [3.63, 3.8) is 0 Å². The SMILES string of the molecule is O=C(O)CC1CCN(C(=O)CSc2ccccc2)C1. The number of carbonyl (C=O) groups excluding carboxylic acids is 1. The molecule has 0 radical (unpaired) electrons. The monoisotopic (exact) mass is 279 g/mol. The number of amides is 1. The molecule has 1 fully saturated rings. The third-order valence-corrected chi connectivity index (χ3v) is 4.20. The van der Waals surface area contributed by atoms with Gasteiger partial charge >= 0.3 is 5.97 Å². The van der Waals surface area contributed by atoms with E-state index in [2.05, 4.69) is 0 Å². The Bertz CT molecular complexity index is 449. The average Bonchev–Trinajstić information content (AvgIpc) is 2.85. The molecule has 0 aromatic heterocycles. The van der Waals surface area contributed by atoms with Crippen molar-refractivity contribution in [3.05, 3.63) is 30.3 Å². The van der Waals surface area contributed by atoms with E-state index in [0.717, 1.165) is 11.3 Å². The molecule has 2 rings (SSSR count). The van der Waals surface area contributed by atoms with Gasteiger partial charge in [0.1, 0.15) is 0 Å². The highest BCUT2D eigenvalue weighted by Crippen LogP contribution is 2.22. The normalized spacial score (nSPS) is 18.5. The molecule has 1 unspecified atom stereocenters. The van der Waals surface area contributed by atoms with E-state index in [1.54, 1.807) is 4.90 Å². The lowest BCUT2D eigenvalue weighted by atomic mass is 10.1. The number of likely N-dealkylation sites (tertiary alicyclic amines) is 1. The number of hydrogen-bond acceptors (Lipinski definition) is 3. The van der Waals surface area contributed by atoms with Gasteiger partial charge in [-0.1, -0.05) is 18.2 Å². The minimum atomic E-state index is -0.780. The van der Waals surface area contributed by atoms with Gasteiger partial charge < -0.3 is 10.0 Å². The van der Waals surface area contributed by atoms with Gasteiger partial charge in [0, 0.05) is 24.4 Å². The Morgan fingerprint density at radius 3 is 2.74 bits per heavy atom. The Balaban J connectivity index is 1.77. The van der Waals surface area contributed by atoms with Crippen LogP contribution >= 0.6 is 11.8 Å². The van der Waals surface area contributed by atoms with Gasteiger partial charge in [0.05, 0.1) is 5.75 Å². The van der Waals surface area contributed by atoms with Crippen molar-refractivity contribution in [2.75, 3.05) is 18.8 Å². The van der Waals surface area contributed by atoms with E-state index < -0.39 is 5.97 Å². The van der Waals surface area contributed by atoms with E-state index in [0.29, 0.717) is 18.8 Å². The third kappa shape index (κ3) is 4.28. The van der Waals surface area contributed by atoms with Crippen LogP contribution in [0.25, 0.3) is 0 Å². The molecule has 0 saturated carbocycles. The minimum absolute atomic E-state index is 0.0988. The molecule has 0 spiro atoms. The molecule has 1 saturated heterocycles. The summed E-state index contributed by atoms with van der Waals surface area (Å²) in [6.45, 7) is 1.27. The van der Waals surface area contributed by atoms with Crippen molar-refractivity contribution >= 4 is 23.6 Å². The number of thioether (sulfide) groups is 1. The molecular weight excluding hydrogens is 262 g/mol. The zero-order valence-corrected chi connectivity index (χ0v) is 11.4. The minimum Gasteiger partial charge on any atom is -0.481 e. The number of carboxylic acid groups (broad SMARTS) is 1. The predicted octanol–water partition coefficient (Wildman–Crippen LogP) is 2.10. The Labute approximate surface area is 116 Å². The van der Waals surface area contributed by atoms with Crippen LogP contribution in [-0.4, -0.2) is 40.7 Å². The maximum absolute atomic E-state index is 12.0. The number of aliphatic carboxylic acids is 1. The van der Waals surface area contributed by atoms with Gasteiger partial charge in [-0.3, -0.25) is 9.59 Å². The zero-order chi connectivity index (χ0) is 13.7. The molecule has 0 aliphatic carbocycles. The first-order valence-electron chi connectivity index (χ1n) is 6.32. The topological polar surface area (TPSA) is 57.6 Å². The van der Waals surface area contributed by atoms with E-state index in [4.69, 9.17) is 5.11 Å². The molecule has 4 nitrogen and oxygen atoms in total. The van der Waals surface area contributed by atoms with Crippen LogP contribution in [0.1, 0.15) is 12.8 Å². The van der Waals surface area contributed by atoms with Gasteiger partial charge in [0.15, 0.2) is 0 Å². The van der Waals surface area contributed by atoms with Crippen molar-refractivity contribution in [2.24, 2.45) is 5.92 Å². The molecule has 102 valence electrons. The lowest BCUT2D eigenvalue weighted by Gasteiger charge is -2.15. The summed E-state index contributed by atoms with van der Waals surface area (Å²) < 4.78 is 0. The van der Waals surface area contributed by atoms with Crippen LogP contribution in [0.15, 0.2) is 35.2 Å². The third-order valence-electron chi connectivity index (χ3n) is 3.21. The molecule has 1 N–H and O–H groups in total. The second kappa shape index (κ2) is 6.61. The largest absolute Gasteiger partial charge is 0.481 e. The number of carbonyl (C=O) groups is 2. The fourth-order valence-electron chi connectivity index (χ4n) is 2.23. The Morgan fingerprint density at radius 2 is 2.05 bits per heavy atom. The predicted molar refractivity (Wildman–Crippen MR) is 74.1 cm³/mol. The van der Waals surface area contributed by atoms with E-state index in [9.17, 15) is 9.59 Å². The van der Waals surface area contributed by atoms with Gasteiger partial charge in [0.2, 0.25) is 5.91 Å². The molecule has 1 heterocycles. The molecule has 1 amide bonds. The highest BCUT2D eigenvalue weighted by atomic mass is 32.2. The van der Waals surface area contributed by atoms with E-state index in [1.807, 2.05) is 30.3 Å². The van der Waals surface area contributed by atoms with Crippen LogP contribution < -0.4 is 0 Å². The zero-order valence-electron chi connectivity index (χ0n) is 10.6. The average molecular weight is 279 g/mol. The number of nitrogens with zero attached hydrogens (tertiary/aromatic N) is 1. The second-order valence-corrected chi connectivity index (χ2v) is 5.74. The summed E-state index contributed by atoms with van der Waals surface area (Å²) in [4.78, 5) is 25.5. The molecule has 1 aromatic rings. The van der Waals surface area contributed by atoms with Gasteiger partial charge in [-0.05, 0) is 24.5 Å². The highest BCUT2D eigenvalue weighted by Gasteiger charge is 2.27. The maximum Gasteiger partial charge on any atom is 0.303 e. The van der Waals surface area contributed by atoms with Crippen molar-refractivity contribution < 1.29 is 14.7 Å². The van der Waals surface area contributed by atoms with E-state index >= 15 is 0 Å². The Kier molecular flexibility index (Phi) is 4.85. The van der Waals surface area contributed by atoms with Crippen molar-refractivity contribution in [1.29, 1.82) is 0 Å². The number of hydrogen-bond donors (Lipinski definition) is 1. The van der Waals surface area contributed by atoms with Crippen LogP contribution in [-0.2, 0) is 9.59 Å². The van der Waals surface area contributed by atoms with E-state index in [-0.39, 0.29) is 18.2 Å². The number of benzene rings is 1. The van der Waals surface area contributed by atoms with Gasteiger partial charge in [0.25, 0.3) is 0 Å². The quantitative estimate of drug-likeness (QED) is 0.839. The molecule has 1 aliphatic heterocycles. The lowest BCUT2D eigenvalue weighted by molar-refractivity contribution is -0.138. The van der Waals surface area contributed by atoms with Crippen molar-refractivity contribution in [1.82, 2.24) is 4.90 Å². The summed E-state index contributed by atoms with van der Waals surface area (Å²) in [6, 6.07) is 9.81. The standard InChI is InChI=1S/C14H17NO3S/c16-13(10-19-12-4-2-1-3-5-12)15-7-6-11(9-15)8-14(17)18/h1-5,11H,6-10H2,(H,17,18). The van der Waals surface area contributed by atoms with Crippen LogP contribution in [0.2, 0.25) is 0 Å². The summed E-state index contributed by atoms with van der Waals surface area (Å²) in [5, 5.41) is 8.74. The first-order chi connectivity index (χ1) is 9.15. The smallest absolute Gasteiger partial charge is 0.303 e. The van der Waals surface area contributed by atoms with Crippen LogP contribution in [0.3, 0.4) is 0 Å². The highest BCUT2D eigenvalue weighted by molar-refractivity contribution is 8.00. The number of rotatable bonds is 5. The Hall–Kier alpha value is -1.49. The Morgan fingerprint density at radius 1 is 1.32 bits per heavy atom. The molecular formula is C14H17NO3S. The summed E-state index contributed by atoms with van der Waals surface area (Å²) in [6.07, 6.45) is 0.962. The van der Waals surface area contributed by atoms with Crippen molar-refractivity contribution in [2.45, 2.75) is 17.7 Å². The van der Waals surface area contributed by atoms with Crippen LogP contribution in [0.4, 0.5) is 0 Å². The number of carboxylic acids is 1. The molecule has 1 aliphatic rings. The van der Waals surface area contributed by atoms with E-state index in [1.165, 1.54) is 11.8 Å². The van der Waals surface area contributed by atoms with Crippen molar-refractivity contribution in [3.8, 4) is 0 Å². The molecule has 5 heteroatoms. The molecule has 1 aromatic carbocycles. The van der Waals surface area contributed by atoms with Gasteiger partial charge in [-0.25, -0.2) is 0 Å². The summed E-state index contributed by atoms with van der Waals surface area (Å²) >= 11 is 1.52. The van der Waals surface area contributed by atoms with Gasteiger partial charge in [-0.2, -0.15) is 0 Å². The molecule has 1 atom stereocenters. The fourth-order valence-corrected chi connectivity index (χ4v) is 3.05. The summed E-state index contributed by atoms with van der Waals surface area (Å²) in [7, 11) is 0.